The molecular formula is C19H28O13. The van der Waals surface area contributed by atoms with Crippen LogP contribution in [0.25, 0.3) is 0 Å². The third kappa shape index (κ3) is 5.07. The molecular weight excluding hydrogens is 436 g/mol. The van der Waals surface area contributed by atoms with Gasteiger partial charge < -0.3 is 64.5 Å². The van der Waals surface area contributed by atoms with Gasteiger partial charge in [0.2, 0.25) is 6.29 Å². The van der Waals surface area contributed by atoms with Crippen molar-refractivity contribution in [2.75, 3.05) is 20.3 Å². The van der Waals surface area contributed by atoms with Crippen LogP contribution in [0.1, 0.15) is 0 Å². The van der Waals surface area contributed by atoms with E-state index < -0.39 is 74.6 Å². The molecule has 10 atom stereocenters. The molecule has 2 heterocycles. The Morgan fingerprint density at radius 1 is 0.812 bits per heavy atom. The molecule has 32 heavy (non-hydrogen) atoms. The van der Waals surface area contributed by atoms with Crippen molar-refractivity contribution in [1.82, 2.24) is 0 Å². The summed E-state index contributed by atoms with van der Waals surface area (Å²) in [6.07, 6.45) is -15.2. The summed E-state index contributed by atoms with van der Waals surface area (Å²) in [7, 11) is 1.33. The summed E-state index contributed by atoms with van der Waals surface area (Å²) < 4.78 is 26.6. The first kappa shape index (κ1) is 24.9. The molecule has 0 amide bonds. The van der Waals surface area contributed by atoms with Gasteiger partial charge in [0.05, 0.1) is 20.3 Å². The monoisotopic (exact) mass is 464 g/mol. The maximum atomic E-state index is 10.2. The molecule has 0 spiro atoms. The molecule has 0 bridgehead atoms. The van der Waals surface area contributed by atoms with Gasteiger partial charge in [-0.15, -0.1) is 0 Å². The molecule has 182 valence electrons. The van der Waals surface area contributed by atoms with Gasteiger partial charge in [0, 0.05) is 6.07 Å². The number of hydrogen-bond acceptors (Lipinski definition) is 13. The first-order chi connectivity index (χ1) is 15.2. The number of methoxy groups -OCH3 is 1. The van der Waals surface area contributed by atoms with Crippen LogP contribution in [0.2, 0.25) is 0 Å². The number of hydrogen-bond donors (Lipinski definition) is 8. The normalized spacial score (nSPS) is 40.1. The molecule has 0 aromatic heterocycles. The first-order valence-corrected chi connectivity index (χ1v) is 9.83. The standard InChI is InChI=1S/C19H28O13/c1-28-9-4-7(2-3-8(9)21)30-19-17(27)15(25)13(23)11(32-19)6-29-18-16(26)14(24)12(22)10(5-20)31-18/h2-4,10-27H,5-6H2,1H3. The van der Waals surface area contributed by atoms with Gasteiger partial charge in [0.1, 0.15) is 54.6 Å². The lowest BCUT2D eigenvalue weighted by Gasteiger charge is -2.42. The highest BCUT2D eigenvalue weighted by atomic mass is 16.7. The molecule has 13 nitrogen and oxygen atoms in total. The Kier molecular flexibility index (Phi) is 8.11. The lowest BCUT2D eigenvalue weighted by molar-refractivity contribution is -0.323. The van der Waals surface area contributed by atoms with Crippen LogP contribution in [0.4, 0.5) is 0 Å². The second-order valence-electron chi connectivity index (χ2n) is 7.50. The zero-order valence-corrected chi connectivity index (χ0v) is 17.0. The highest BCUT2D eigenvalue weighted by molar-refractivity contribution is 5.44. The zero-order valence-electron chi connectivity index (χ0n) is 17.0. The number of aliphatic hydroxyl groups excluding tert-OH is 7. The van der Waals surface area contributed by atoms with E-state index in [0.29, 0.717) is 0 Å². The van der Waals surface area contributed by atoms with Gasteiger partial charge in [-0.1, -0.05) is 0 Å². The minimum Gasteiger partial charge on any atom is -0.504 e. The zero-order chi connectivity index (χ0) is 23.6. The SMILES string of the molecule is COc1cc(OC2OC(COC3OC(CO)C(O)C(O)C3O)C(O)C(O)C2O)ccc1O. The Labute approximate surface area is 182 Å². The quantitative estimate of drug-likeness (QED) is 0.196. The van der Waals surface area contributed by atoms with Crippen molar-refractivity contribution in [2.24, 2.45) is 0 Å². The second kappa shape index (κ2) is 10.4. The Hall–Kier alpha value is -1.78. The van der Waals surface area contributed by atoms with Crippen molar-refractivity contribution in [3.8, 4) is 17.2 Å². The number of phenolic OH excluding ortho intramolecular Hbond substituents is 1. The fraction of sp³-hybridized carbons (Fsp3) is 0.684. The van der Waals surface area contributed by atoms with Crippen LogP contribution in [0.3, 0.4) is 0 Å². The van der Waals surface area contributed by atoms with Gasteiger partial charge in [-0.2, -0.15) is 0 Å². The average molecular weight is 464 g/mol. The molecule has 2 aliphatic rings. The van der Waals surface area contributed by atoms with Crippen LogP contribution < -0.4 is 9.47 Å². The van der Waals surface area contributed by atoms with Crippen LogP contribution in [-0.4, -0.2) is 123 Å². The third-order valence-electron chi connectivity index (χ3n) is 5.35. The van der Waals surface area contributed by atoms with E-state index in [4.69, 9.17) is 23.7 Å². The number of aliphatic hydroxyl groups is 7. The molecule has 2 aliphatic heterocycles. The molecule has 8 N–H and O–H groups in total. The van der Waals surface area contributed by atoms with E-state index >= 15 is 0 Å². The fourth-order valence-corrected chi connectivity index (χ4v) is 3.41. The number of benzene rings is 1. The van der Waals surface area contributed by atoms with E-state index in [1.54, 1.807) is 0 Å². The highest BCUT2D eigenvalue weighted by Crippen LogP contribution is 2.32. The molecule has 3 rings (SSSR count). The van der Waals surface area contributed by atoms with Gasteiger partial charge in [0.25, 0.3) is 0 Å². The van der Waals surface area contributed by atoms with Crippen molar-refractivity contribution in [3.63, 3.8) is 0 Å². The van der Waals surface area contributed by atoms with Crippen LogP contribution in [0.15, 0.2) is 18.2 Å². The van der Waals surface area contributed by atoms with Gasteiger partial charge in [-0.3, -0.25) is 0 Å². The van der Waals surface area contributed by atoms with E-state index in [9.17, 15) is 40.9 Å². The van der Waals surface area contributed by atoms with E-state index in [1.807, 2.05) is 0 Å². The first-order valence-electron chi connectivity index (χ1n) is 9.83. The summed E-state index contributed by atoms with van der Waals surface area (Å²) in [5, 5.41) is 79.2. The lowest BCUT2D eigenvalue weighted by atomic mass is 9.98. The summed E-state index contributed by atoms with van der Waals surface area (Å²) in [6, 6.07) is 3.97. The summed E-state index contributed by atoms with van der Waals surface area (Å²) in [4.78, 5) is 0. The fourth-order valence-electron chi connectivity index (χ4n) is 3.41. The van der Waals surface area contributed by atoms with Crippen LogP contribution >= 0.6 is 0 Å². The summed E-state index contributed by atoms with van der Waals surface area (Å²) in [5.74, 6) is 0.0722. The van der Waals surface area contributed by atoms with Crippen LogP contribution in [0.5, 0.6) is 17.2 Å². The maximum Gasteiger partial charge on any atom is 0.229 e. The summed E-state index contributed by atoms with van der Waals surface area (Å²) >= 11 is 0. The average Bonchev–Trinajstić information content (AvgIpc) is 2.79. The van der Waals surface area contributed by atoms with Gasteiger partial charge >= 0.3 is 0 Å². The largest absolute Gasteiger partial charge is 0.504 e. The second-order valence-corrected chi connectivity index (χ2v) is 7.50. The van der Waals surface area contributed by atoms with Crippen molar-refractivity contribution in [2.45, 2.75) is 61.4 Å². The molecule has 0 radical (unpaired) electrons. The van der Waals surface area contributed by atoms with Crippen molar-refractivity contribution >= 4 is 0 Å². The number of phenols is 1. The predicted molar refractivity (Wildman–Crippen MR) is 102 cm³/mol. The third-order valence-corrected chi connectivity index (χ3v) is 5.35. The molecule has 1 aromatic carbocycles. The van der Waals surface area contributed by atoms with E-state index in [0.717, 1.165) is 0 Å². The van der Waals surface area contributed by atoms with E-state index in [2.05, 4.69) is 0 Å². The molecule has 1 aromatic rings. The van der Waals surface area contributed by atoms with E-state index in [-0.39, 0.29) is 17.2 Å². The highest BCUT2D eigenvalue weighted by Gasteiger charge is 2.47. The van der Waals surface area contributed by atoms with Gasteiger partial charge in [-0.05, 0) is 12.1 Å². The van der Waals surface area contributed by atoms with E-state index in [1.165, 1.54) is 25.3 Å². The number of rotatable bonds is 7. The molecule has 13 heteroatoms. The Balaban J connectivity index is 1.66. The lowest BCUT2D eigenvalue weighted by Crippen LogP contribution is -2.62. The minimum atomic E-state index is -1.68. The molecule has 2 saturated heterocycles. The van der Waals surface area contributed by atoms with Crippen LogP contribution in [0, 0.1) is 0 Å². The van der Waals surface area contributed by atoms with Crippen molar-refractivity contribution in [3.05, 3.63) is 18.2 Å². The minimum absolute atomic E-state index is 0.0934. The number of aromatic hydroxyl groups is 1. The van der Waals surface area contributed by atoms with Crippen molar-refractivity contribution < 1.29 is 64.5 Å². The van der Waals surface area contributed by atoms with Crippen LogP contribution in [-0.2, 0) is 14.2 Å². The Morgan fingerprint density at radius 2 is 1.41 bits per heavy atom. The summed E-state index contributed by atoms with van der Waals surface area (Å²) in [6.45, 7) is -1.13. The topological polar surface area (TPSA) is 208 Å². The Morgan fingerprint density at radius 3 is 2.03 bits per heavy atom. The van der Waals surface area contributed by atoms with Gasteiger partial charge in [0.15, 0.2) is 17.8 Å². The summed E-state index contributed by atoms with van der Waals surface area (Å²) in [5.41, 5.74) is 0. The van der Waals surface area contributed by atoms with Gasteiger partial charge in [-0.25, -0.2) is 0 Å². The molecule has 0 saturated carbocycles. The molecule has 0 aliphatic carbocycles. The number of ether oxygens (including phenoxy) is 5. The predicted octanol–water partition coefficient (Wildman–Crippen LogP) is -3.60. The Bertz CT molecular complexity index is 746. The molecule has 10 unspecified atom stereocenters. The molecule has 2 fully saturated rings. The maximum absolute atomic E-state index is 10.2. The smallest absolute Gasteiger partial charge is 0.229 e. The van der Waals surface area contributed by atoms with Crippen molar-refractivity contribution in [1.29, 1.82) is 0 Å².